The molecule has 2 aliphatic heterocycles. The minimum atomic E-state index is -2.79. The third-order valence-corrected chi connectivity index (χ3v) is 6.67. The number of hydrogen-bond acceptors (Lipinski definition) is 8. The summed E-state index contributed by atoms with van der Waals surface area (Å²) in [5.74, 6) is -0.613. The maximum absolute atomic E-state index is 12.7. The van der Waals surface area contributed by atoms with Gasteiger partial charge in [-0.2, -0.15) is 8.78 Å². The van der Waals surface area contributed by atoms with Gasteiger partial charge in [0, 0.05) is 43.0 Å². The zero-order valence-corrected chi connectivity index (χ0v) is 19.5. The van der Waals surface area contributed by atoms with E-state index in [0.717, 1.165) is 56.2 Å². The predicted octanol–water partition coefficient (Wildman–Crippen LogP) is 3.50. The van der Waals surface area contributed by atoms with Gasteiger partial charge < -0.3 is 14.1 Å². The topological polar surface area (TPSA) is 85.3 Å². The van der Waals surface area contributed by atoms with Crippen molar-refractivity contribution in [2.75, 3.05) is 44.3 Å². The maximum atomic E-state index is 12.7. The van der Waals surface area contributed by atoms with Crippen molar-refractivity contribution in [3.8, 4) is 22.7 Å². The number of rotatable bonds is 7. The summed E-state index contributed by atoms with van der Waals surface area (Å²) in [5, 5.41) is 15.7. The van der Waals surface area contributed by atoms with Crippen molar-refractivity contribution in [3.05, 3.63) is 66.2 Å². The zero-order valence-electron chi connectivity index (χ0n) is 19.5. The third-order valence-electron chi connectivity index (χ3n) is 6.67. The van der Waals surface area contributed by atoms with Crippen LogP contribution in [-0.4, -0.2) is 75.5 Å². The molecule has 6 rings (SSSR count). The lowest BCUT2D eigenvalue weighted by molar-refractivity contribution is -0.0660. The Morgan fingerprint density at radius 3 is 2.42 bits per heavy atom. The smallest absolute Gasteiger partial charge is 0.314 e. The number of piperazine rings is 1. The molecule has 0 unspecified atom stereocenters. The van der Waals surface area contributed by atoms with Crippen LogP contribution in [0.25, 0.3) is 22.7 Å². The van der Waals surface area contributed by atoms with E-state index in [1.165, 1.54) is 5.69 Å². The van der Waals surface area contributed by atoms with Crippen molar-refractivity contribution < 1.29 is 17.9 Å². The maximum Gasteiger partial charge on any atom is 0.314 e. The molecule has 0 amide bonds. The molecule has 4 aromatic rings. The van der Waals surface area contributed by atoms with E-state index >= 15 is 0 Å². The lowest BCUT2D eigenvalue weighted by atomic mass is 10.1. The molecular formula is C25H25F2N7O2. The van der Waals surface area contributed by atoms with Crippen LogP contribution in [0.2, 0.25) is 0 Å². The Morgan fingerprint density at radius 2 is 1.72 bits per heavy atom. The summed E-state index contributed by atoms with van der Waals surface area (Å²) in [7, 11) is 0. The fourth-order valence-corrected chi connectivity index (χ4v) is 4.53. The predicted molar refractivity (Wildman–Crippen MR) is 128 cm³/mol. The van der Waals surface area contributed by atoms with Gasteiger partial charge >= 0.3 is 6.43 Å². The van der Waals surface area contributed by atoms with Gasteiger partial charge in [-0.1, -0.05) is 29.5 Å². The van der Waals surface area contributed by atoms with Crippen LogP contribution >= 0.6 is 0 Å². The Morgan fingerprint density at radius 1 is 0.917 bits per heavy atom. The number of hydrogen-bond donors (Lipinski definition) is 0. The summed E-state index contributed by atoms with van der Waals surface area (Å²) in [4.78, 5) is 4.93. The molecule has 2 aliphatic rings. The van der Waals surface area contributed by atoms with Crippen molar-refractivity contribution >= 4 is 5.69 Å². The summed E-state index contributed by atoms with van der Waals surface area (Å²) >= 11 is 0. The molecule has 0 N–H and O–H groups in total. The van der Waals surface area contributed by atoms with Crippen LogP contribution in [0.4, 0.5) is 14.5 Å². The summed E-state index contributed by atoms with van der Waals surface area (Å²) < 4.78 is 37.5. The molecule has 36 heavy (non-hydrogen) atoms. The summed E-state index contributed by atoms with van der Waals surface area (Å²) in [5.41, 5.74) is 4.58. The number of benzene rings is 2. The third kappa shape index (κ3) is 4.71. The molecular weight excluding hydrogens is 468 g/mol. The largest absolute Gasteiger partial charge is 0.415 e. The Labute approximate surface area is 206 Å². The second-order valence-electron chi connectivity index (χ2n) is 9.01. The van der Waals surface area contributed by atoms with E-state index in [1.54, 1.807) is 16.8 Å². The minimum Gasteiger partial charge on any atom is -0.415 e. The molecule has 0 atom stereocenters. The molecule has 0 aliphatic carbocycles. The van der Waals surface area contributed by atoms with Gasteiger partial charge in [0.25, 0.3) is 5.89 Å². The molecule has 2 aromatic heterocycles. The molecule has 2 fully saturated rings. The quantitative estimate of drug-likeness (QED) is 0.387. The monoisotopic (exact) mass is 493 g/mol. The average molecular weight is 494 g/mol. The first-order valence-electron chi connectivity index (χ1n) is 11.9. The first-order chi connectivity index (χ1) is 17.6. The Kier molecular flexibility index (Phi) is 6.16. The van der Waals surface area contributed by atoms with E-state index in [2.05, 4.69) is 48.5 Å². The molecule has 9 nitrogen and oxygen atoms in total. The van der Waals surface area contributed by atoms with E-state index in [9.17, 15) is 8.78 Å². The molecule has 2 aromatic carbocycles. The molecule has 0 saturated carbocycles. The van der Waals surface area contributed by atoms with Gasteiger partial charge in [-0.25, -0.2) is 4.68 Å². The highest BCUT2D eigenvalue weighted by Crippen LogP contribution is 2.26. The number of nitrogens with zero attached hydrogens (tertiary/aromatic N) is 7. The molecule has 2 saturated heterocycles. The van der Waals surface area contributed by atoms with Gasteiger partial charge in [-0.15, -0.1) is 15.3 Å². The SMILES string of the molecule is FC(F)c1nnc(-c2ccc(Cn3cc(-c4cccc(N5CCN(C6COC6)CC5)c4)nn3)cc2)o1. The van der Waals surface area contributed by atoms with Crippen molar-refractivity contribution in [2.45, 2.75) is 19.0 Å². The fraction of sp³-hybridized carbons (Fsp3) is 0.360. The number of aromatic nitrogens is 5. The van der Waals surface area contributed by atoms with E-state index in [1.807, 2.05) is 24.4 Å². The van der Waals surface area contributed by atoms with Crippen LogP contribution in [0.15, 0.2) is 59.1 Å². The van der Waals surface area contributed by atoms with E-state index in [0.29, 0.717) is 18.2 Å². The van der Waals surface area contributed by atoms with Crippen molar-refractivity contribution in [3.63, 3.8) is 0 Å². The highest BCUT2D eigenvalue weighted by molar-refractivity contribution is 5.65. The summed E-state index contributed by atoms with van der Waals surface area (Å²) in [6.45, 7) is 6.32. The van der Waals surface area contributed by atoms with Crippen molar-refractivity contribution in [1.82, 2.24) is 30.1 Å². The summed E-state index contributed by atoms with van der Waals surface area (Å²) in [6.07, 6.45) is -0.862. The number of anilines is 1. The highest BCUT2D eigenvalue weighted by Gasteiger charge is 2.29. The lowest BCUT2D eigenvalue weighted by Gasteiger charge is -2.43. The molecule has 186 valence electrons. The Hall–Kier alpha value is -3.70. The van der Waals surface area contributed by atoms with Crippen LogP contribution in [0, 0.1) is 0 Å². The number of halogens is 2. The number of alkyl halides is 2. The van der Waals surface area contributed by atoms with Gasteiger partial charge in [-0.3, -0.25) is 4.90 Å². The summed E-state index contributed by atoms with van der Waals surface area (Å²) in [6, 6.07) is 16.3. The normalized spacial score (nSPS) is 17.0. The average Bonchev–Trinajstić information content (AvgIpc) is 3.55. The zero-order chi connectivity index (χ0) is 24.5. The molecule has 0 radical (unpaired) electrons. The first kappa shape index (κ1) is 22.7. The van der Waals surface area contributed by atoms with E-state index in [4.69, 9.17) is 9.15 Å². The van der Waals surface area contributed by atoms with Crippen LogP contribution in [0.1, 0.15) is 17.9 Å². The standard InChI is InChI=1S/C25H25F2N7O2/c26-23(27)25-30-29-24(36-25)18-6-4-17(5-7-18)13-34-14-22(28-31-34)19-2-1-3-20(12-19)32-8-10-33(11-9-32)21-15-35-16-21/h1-7,12,14,21,23H,8-11,13,15-16H2. The number of ether oxygens (including phenoxy) is 1. The Balaban J connectivity index is 1.10. The second-order valence-corrected chi connectivity index (χ2v) is 9.01. The molecule has 0 bridgehead atoms. The van der Waals surface area contributed by atoms with Crippen LogP contribution < -0.4 is 4.90 Å². The van der Waals surface area contributed by atoms with Gasteiger partial charge in [0.2, 0.25) is 5.89 Å². The van der Waals surface area contributed by atoms with Crippen molar-refractivity contribution in [1.29, 1.82) is 0 Å². The Bertz CT molecular complexity index is 1310. The highest BCUT2D eigenvalue weighted by atomic mass is 19.3. The van der Waals surface area contributed by atoms with Gasteiger partial charge in [0.15, 0.2) is 0 Å². The first-order valence-corrected chi connectivity index (χ1v) is 11.9. The van der Waals surface area contributed by atoms with Crippen LogP contribution in [0.5, 0.6) is 0 Å². The molecule has 4 heterocycles. The van der Waals surface area contributed by atoms with Crippen molar-refractivity contribution in [2.24, 2.45) is 0 Å². The van der Waals surface area contributed by atoms with E-state index in [-0.39, 0.29) is 5.89 Å². The van der Waals surface area contributed by atoms with Gasteiger partial charge in [0.1, 0.15) is 5.69 Å². The lowest BCUT2D eigenvalue weighted by Crippen LogP contribution is -2.56. The molecule has 11 heteroatoms. The minimum absolute atomic E-state index is 0.0678. The van der Waals surface area contributed by atoms with Crippen LogP contribution in [-0.2, 0) is 11.3 Å². The second kappa shape index (κ2) is 9.75. The van der Waals surface area contributed by atoms with Gasteiger partial charge in [0.05, 0.1) is 32.0 Å². The fourth-order valence-electron chi connectivity index (χ4n) is 4.53. The van der Waals surface area contributed by atoms with E-state index < -0.39 is 12.3 Å². The van der Waals surface area contributed by atoms with Gasteiger partial charge in [-0.05, 0) is 29.8 Å². The van der Waals surface area contributed by atoms with Crippen LogP contribution in [0.3, 0.4) is 0 Å². The molecule has 0 spiro atoms.